The highest BCUT2D eigenvalue weighted by atomic mass is 35.5. The van der Waals surface area contributed by atoms with Crippen molar-refractivity contribution in [3.63, 3.8) is 0 Å². The molecule has 2 aromatic carbocycles. The number of thioether (sulfide) groups is 1. The smallest absolute Gasteiger partial charge is 0.266 e. The average molecular weight is 496 g/mol. The Hall–Kier alpha value is -2.24. The number of thiocarbonyl (C=S) groups is 1. The second-order valence-electron chi connectivity index (χ2n) is 6.60. The highest BCUT2D eigenvalue weighted by Crippen LogP contribution is 2.32. The SMILES string of the molecule is Cc1ccc(S(=O)(=O)NNC(=O)CCN2C(=O)/C(=C/c3ccc(Cl)cc3)SC2=S)cc1. The van der Waals surface area contributed by atoms with E-state index < -0.39 is 15.9 Å². The van der Waals surface area contributed by atoms with E-state index >= 15 is 0 Å². The van der Waals surface area contributed by atoms with Crippen LogP contribution in [-0.4, -0.2) is 36.0 Å². The lowest BCUT2D eigenvalue weighted by Gasteiger charge is -2.14. The average Bonchev–Trinajstić information content (AvgIpc) is 2.99. The molecular weight excluding hydrogens is 478 g/mol. The van der Waals surface area contributed by atoms with Gasteiger partial charge in [-0.3, -0.25) is 19.9 Å². The van der Waals surface area contributed by atoms with E-state index in [2.05, 4.69) is 5.43 Å². The van der Waals surface area contributed by atoms with Crippen LogP contribution in [0.25, 0.3) is 6.08 Å². The summed E-state index contributed by atoms with van der Waals surface area (Å²) in [5, 5.41) is 0.591. The summed E-state index contributed by atoms with van der Waals surface area (Å²) < 4.78 is 24.8. The fourth-order valence-corrected chi connectivity index (χ4v) is 4.87. The van der Waals surface area contributed by atoms with Gasteiger partial charge in [0.25, 0.3) is 15.9 Å². The standard InChI is InChI=1S/C20H18ClN3O4S3/c1-13-2-8-16(9-3-13)31(27,28)23-22-18(25)10-11-24-19(26)17(30-20(24)29)12-14-4-6-15(21)7-5-14/h2-9,12,23H,10-11H2,1H3,(H,22,25)/b17-12-. The Labute approximate surface area is 194 Å². The fourth-order valence-electron chi connectivity index (χ4n) is 2.58. The third-order valence-corrected chi connectivity index (χ3v) is 7.15. The number of nitrogens with zero attached hydrogens (tertiary/aromatic N) is 1. The number of nitrogens with one attached hydrogen (secondary N) is 2. The number of halogens is 1. The molecule has 31 heavy (non-hydrogen) atoms. The third-order valence-electron chi connectivity index (χ3n) is 4.26. The van der Waals surface area contributed by atoms with Gasteiger partial charge >= 0.3 is 0 Å². The molecule has 7 nitrogen and oxygen atoms in total. The molecule has 0 atom stereocenters. The van der Waals surface area contributed by atoms with Crippen LogP contribution in [0, 0.1) is 6.92 Å². The summed E-state index contributed by atoms with van der Waals surface area (Å²) in [7, 11) is -3.89. The number of amides is 2. The highest BCUT2D eigenvalue weighted by molar-refractivity contribution is 8.26. The zero-order valence-electron chi connectivity index (χ0n) is 16.3. The molecule has 1 heterocycles. The van der Waals surface area contributed by atoms with E-state index in [0.29, 0.717) is 14.2 Å². The molecule has 0 spiro atoms. The van der Waals surface area contributed by atoms with Gasteiger partial charge in [0.2, 0.25) is 5.91 Å². The Balaban J connectivity index is 1.55. The minimum absolute atomic E-state index is 0.0285. The highest BCUT2D eigenvalue weighted by Gasteiger charge is 2.32. The van der Waals surface area contributed by atoms with Crippen LogP contribution < -0.4 is 10.3 Å². The van der Waals surface area contributed by atoms with Gasteiger partial charge in [-0.1, -0.05) is 65.4 Å². The monoisotopic (exact) mass is 495 g/mol. The van der Waals surface area contributed by atoms with Crippen molar-refractivity contribution in [3.05, 3.63) is 69.6 Å². The zero-order chi connectivity index (χ0) is 22.6. The first-order valence-electron chi connectivity index (χ1n) is 9.04. The molecule has 0 radical (unpaired) electrons. The van der Waals surface area contributed by atoms with Gasteiger partial charge < -0.3 is 0 Å². The van der Waals surface area contributed by atoms with Crippen LogP contribution in [0.15, 0.2) is 58.3 Å². The van der Waals surface area contributed by atoms with Crippen LogP contribution in [-0.2, 0) is 19.6 Å². The number of sulfonamides is 1. The normalized spacial score (nSPS) is 15.5. The topological polar surface area (TPSA) is 95.6 Å². The predicted octanol–water partition coefficient (Wildman–Crippen LogP) is 3.25. The fraction of sp³-hybridized carbons (Fsp3) is 0.150. The largest absolute Gasteiger partial charge is 0.292 e. The molecule has 162 valence electrons. The summed E-state index contributed by atoms with van der Waals surface area (Å²) in [6.07, 6.45) is 1.57. The molecule has 11 heteroatoms. The van der Waals surface area contributed by atoms with Crippen molar-refractivity contribution in [2.45, 2.75) is 18.2 Å². The Kier molecular flexibility index (Phi) is 7.50. The Morgan fingerprint density at radius 3 is 2.45 bits per heavy atom. The number of carbonyl (C=O) groups excluding carboxylic acids is 2. The molecule has 1 saturated heterocycles. The number of hydrogen-bond donors (Lipinski definition) is 2. The zero-order valence-corrected chi connectivity index (χ0v) is 19.5. The first-order valence-corrected chi connectivity index (χ1v) is 12.1. The number of benzene rings is 2. The molecule has 0 aromatic heterocycles. The van der Waals surface area contributed by atoms with Crippen LogP contribution in [0.2, 0.25) is 5.02 Å². The summed E-state index contributed by atoms with van der Waals surface area (Å²) in [6.45, 7) is 1.87. The van der Waals surface area contributed by atoms with E-state index in [1.807, 2.05) is 11.8 Å². The van der Waals surface area contributed by atoms with Crippen molar-refractivity contribution >= 4 is 67.8 Å². The number of aryl methyl sites for hydroxylation is 1. The second-order valence-corrected chi connectivity index (χ2v) is 10.4. The lowest BCUT2D eigenvalue weighted by molar-refractivity contribution is -0.124. The van der Waals surface area contributed by atoms with Gasteiger partial charge in [-0.2, -0.15) is 0 Å². The van der Waals surface area contributed by atoms with Gasteiger partial charge in [-0.05, 0) is 42.8 Å². The predicted molar refractivity (Wildman–Crippen MR) is 126 cm³/mol. The Bertz CT molecular complexity index is 1150. The maximum Gasteiger partial charge on any atom is 0.266 e. The third kappa shape index (κ3) is 6.14. The maximum atomic E-state index is 12.6. The minimum Gasteiger partial charge on any atom is -0.292 e. The lowest BCUT2D eigenvalue weighted by atomic mass is 10.2. The van der Waals surface area contributed by atoms with Crippen LogP contribution in [0.3, 0.4) is 0 Å². The molecule has 1 aliphatic heterocycles. The number of hydrazine groups is 1. The summed E-state index contributed by atoms with van der Waals surface area (Å²) in [5.41, 5.74) is 3.87. The minimum atomic E-state index is -3.89. The maximum absolute atomic E-state index is 12.6. The van der Waals surface area contributed by atoms with Crippen LogP contribution in [0.5, 0.6) is 0 Å². The van der Waals surface area contributed by atoms with Crippen molar-refractivity contribution < 1.29 is 18.0 Å². The number of rotatable bonds is 7. The Morgan fingerprint density at radius 1 is 1.16 bits per heavy atom. The molecule has 0 saturated carbocycles. The molecular formula is C20H18ClN3O4S3. The first kappa shape index (κ1) is 23.4. The molecule has 3 rings (SSSR count). The van der Waals surface area contributed by atoms with Gasteiger partial charge in [0, 0.05) is 18.0 Å². The molecule has 0 bridgehead atoms. The Morgan fingerprint density at radius 2 is 1.81 bits per heavy atom. The van der Waals surface area contributed by atoms with E-state index in [1.165, 1.54) is 17.0 Å². The van der Waals surface area contributed by atoms with Gasteiger partial charge in [-0.15, -0.1) is 4.83 Å². The number of carbonyl (C=O) groups is 2. The van der Waals surface area contributed by atoms with E-state index in [9.17, 15) is 18.0 Å². The quantitative estimate of drug-likeness (QED) is 0.348. The molecule has 0 unspecified atom stereocenters. The molecule has 2 aromatic rings. The second kappa shape index (κ2) is 9.92. The van der Waals surface area contributed by atoms with Crippen molar-refractivity contribution in [1.29, 1.82) is 0 Å². The summed E-state index contributed by atoms with van der Waals surface area (Å²) in [5.74, 6) is -0.899. The summed E-state index contributed by atoms with van der Waals surface area (Å²) in [4.78, 5) is 28.5. The van der Waals surface area contributed by atoms with Crippen molar-refractivity contribution in [3.8, 4) is 0 Å². The van der Waals surface area contributed by atoms with E-state index in [-0.39, 0.29) is 23.8 Å². The summed E-state index contributed by atoms with van der Waals surface area (Å²) in [6, 6.07) is 13.2. The first-order chi connectivity index (χ1) is 14.7. The van der Waals surface area contributed by atoms with E-state index in [4.69, 9.17) is 23.8 Å². The van der Waals surface area contributed by atoms with E-state index in [0.717, 1.165) is 22.9 Å². The van der Waals surface area contributed by atoms with Crippen LogP contribution in [0.1, 0.15) is 17.5 Å². The van der Waals surface area contributed by atoms with Gasteiger partial charge in [-0.25, -0.2) is 8.42 Å². The number of hydrogen-bond acceptors (Lipinski definition) is 6. The van der Waals surface area contributed by atoms with E-state index in [1.54, 1.807) is 42.5 Å². The van der Waals surface area contributed by atoms with Gasteiger partial charge in [0.15, 0.2) is 0 Å². The van der Waals surface area contributed by atoms with Crippen molar-refractivity contribution in [2.24, 2.45) is 0 Å². The van der Waals surface area contributed by atoms with Crippen LogP contribution in [0.4, 0.5) is 0 Å². The van der Waals surface area contributed by atoms with Crippen molar-refractivity contribution in [2.75, 3.05) is 6.54 Å². The lowest BCUT2D eigenvalue weighted by Crippen LogP contribution is -2.43. The van der Waals surface area contributed by atoms with Crippen molar-refractivity contribution in [1.82, 2.24) is 15.2 Å². The van der Waals surface area contributed by atoms with Gasteiger partial charge in [0.1, 0.15) is 4.32 Å². The molecule has 0 aliphatic carbocycles. The molecule has 2 N–H and O–H groups in total. The summed E-state index contributed by atoms with van der Waals surface area (Å²) >= 11 is 12.3. The van der Waals surface area contributed by atoms with Crippen LogP contribution >= 0.6 is 35.6 Å². The molecule has 1 aliphatic rings. The molecule has 2 amide bonds. The molecule has 1 fully saturated rings. The van der Waals surface area contributed by atoms with Gasteiger partial charge in [0.05, 0.1) is 9.80 Å².